The SMILES string of the molecule is CNCC(=O)N(CCC12CCC3(C)C(CCC4C5(C)CCC(OC(=O)CC(C)(C)C(=O)O)C(C)(C)C5CCC43C)C1=C(C(C)C)C(=O)C2)Cc1ccc(Cl)cc1. The van der Waals surface area contributed by atoms with Crippen molar-refractivity contribution in [2.24, 2.45) is 56.2 Å². The number of nitrogens with one attached hydrogen (secondary N) is 1. The molecule has 5 aliphatic carbocycles. The van der Waals surface area contributed by atoms with Crippen LogP contribution in [0.15, 0.2) is 35.4 Å². The van der Waals surface area contributed by atoms with E-state index >= 15 is 0 Å². The molecule has 310 valence electrons. The summed E-state index contributed by atoms with van der Waals surface area (Å²) in [6.45, 7) is 21.2. The average molecular weight is 794 g/mol. The van der Waals surface area contributed by atoms with Crippen LogP contribution in [0.25, 0.3) is 0 Å². The lowest BCUT2D eigenvalue weighted by atomic mass is 9.33. The maximum atomic E-state index is 14.2. The van der Waals surface area contributed by atoms with Gasteiger partial charge in [0.15, 0.2) is 5.78 Å². The number of allylic oxidation sites excluding steroid dienone is 2. The van der Waals surface area contributed by atoms with E-state index in [0.29, 0.717) is 48.1 Å². The van der Waals surface area contributed by atoms with Crippen molar-refractivity contribution in [3.8, 4) is 0 Å². The second-order valence-corrected chi connectivity index (χ2v) is 21.3. The van der Waals surface area contributed by atoms with E-state index < -0.39 is 17.4 Å². The van der Waals surface area contributed by atoms with Crippen LogP contribution in [-0.2, 0) is 30.5 Å². The minimum atomic E-state index is -1.17. The van der Waals surface area contributed by atoms with Gasteiger partial charge in [0.1, 0.15) is 6.10 Å². The van der Waals surface area contributed by atoms with Gasteiger partial charge < -0.3 is 20.1 Å². The number of ketones is 1. The molecule has 4 fully saturated rings. The number of amides is 1. The molecule has 0 radical (unpaired) electrons. The van der Waals surface area contributed by atoms with Gasteiger partial charge in [-0.15, -0.1) is 0 Å². The zero-order valence-electron chi connectivity index (χ0n) is 35.9. The van der Waals surface area contributed by atoms with Crippen LogP contribution >= 0.6 is 11.6 Å². The Morgan fingerprint density at radius 1 is 0.946 bits per heavy atom. The summed E-state index contributed by atoms with van der Waals surface area (Å²) in [6.07, 6.45) is 9.08. The molecule has 8 unspecified atom stereocenters. The van der Waals surface area contributed by atoms with Crippen LogP contribution in [0, 0.1) is 56.2 Å². The van der Waals surface area contributed by atoms with Gasteiger partial charge in [0.25, 0.3) is 0 Å². The van der Waals surface area contributed by atoms with Gasteiger partial charge >= 0.3 is 11.9 Å². The molecule has 8 atom stereocenters. The van der Waals surface area contributed by atoms with Crippen molar-refractivity contribution in [1.82, 2.24) is 10.2 Å². The zero-order valence-corrected chi connectivity index (χ0v) is 36.7. The smallest absolute Gasteiger partial charge is 0.309 e. The Labute approximate surface area is 341 Å². The van der Waals surface area contributed by atoms with E-state index in [4.69, 9.17) is 16.3 Å². The number of carboxylic acid groups (broad SMARTS) is 1. The fourth-order valence-electron chi connectivity index (χ4n) is 13.6. The number of halogens is 1. The van der Waals surface area contributed by atoms with E-state index in [2.05, 4.69) is 53.8 Å². The monoisotopic (exact) mass is 792 g/mol. The molecule has 0 aromatic heterocycles. The van der Waals surface area contributed by atoms with Crippen LogP contribution in [0.3, 0.4) is 0 Å². The third-order valence-electron chi connectivity index (χ3n) is 16.8. The van der Waals surface area contributed by atoms with E-state index in [1.807, 2.05) is 36.2 Å². The van der Waals surface area contributed by atoms with Crippen molar-refractivity contribution >= 4 is 35.2 Å². The lowest BCUT2D eigenvalue weighted by Crippen LogP contribution is -2.65. The number of carbonyl (C=O) groups is 4. The molecule has 1 aromatic rings. The third kappa shape index (κ3) is 7.09. The summed E-state index contributed by atoms with van der Waals surface area (Å²) >= 11 is 6.20. The number of carboxylic acids is 1. The van der Waals surface area contributed by atoms with Crippen molar-refractivity contribution in [2.45, 2.75) is 146 Å². The predicted molar refractivity (Wildman–Crippen MR) is 221 cm³/mol. The minimum Gasteiger partial charge on any atom is -0.481 e. The molecule has 5 aliphatic rings. The molecule has 4 saturated carbocycles. The molecular weight excluding hydrogens is 724 g/mol. The Morgan fingerprint density at radius 3 is 2.25 bits per heavy atom. The highest BCUT2D eigenvalue weighted by molar-refractivity contribution is 6.30. The summed E-state index contributed by atoms with van der Waals surface area (Å²) in [7, 11) is 1.81. The first-order valence-corrected chi connectivity index (χ1v) is 21.8. The van der Waals surface area contributed by atoms with Crippen molar-refractivity contribution in [3.63, 3.8) is 0 Å². The summed E-state index contributed by atoms with van der Waals surface area (Å²) in [5.74, 6) is 0.308. The Balaban J connectivity index is 1.27. The molecule has 0 spiro atoms. The van der Waals surface area contributed by atoms with Crippen molar-refractivity contribution in [3.05, 3.63) is 46.0 Å². The van der Waals surface area contributed by atoms with Crippen LogP contribution in [0.4, 0.5) is 0 Å². The summed E-state index contributed by atoms with van der Waals surface area (Å²) in [5, 5.41) is 13.4. The number of nitrogens with zero attached hydrogens (tertiary/aromatic N) is 1. The minimum absolute atomic E-state index is 0.0221. The van der Waals surface area contributed by atoms with Crippen LogP contribution in [0.1, 0.15) is 139 Å². The van der Waals surface area contributed by atoms with Crippen LogP contribution in [-0.4, -0.2) is 59.9 Å². The number of hydrogen-bond donors (Lipinski definition) is 2. The van der Waals surface area contributed by atoms with Gasteiger partial charge in [-0.25, -0.2) is 0 Å². The fraction of sp³-hybridized carbons (Fsp3) is 0.745. The standard InChI is InChI=1S/C47H69ClN2O6/c1-29(2)39-33(51)25-47(23-24-50(37(52)27-49-10)28-30-11-13-31(48)14-12-30)22-21-45(8)32(40(39)47)15-16-35-44(7)19-18-36(56-38(53)26-42(3,4)41(54)55)43(5,6)34(44)17-20-46(35,45)9/h11-14,29,32,34-36,49H,15-28H2,1-10H3,(H,54,55). The maximum absolute atomic E-state index is 14.2. The molecule has 0 heterocycles. The highest BCUT2D eigenvalue weighted by Gasteiger charge is 2.70. The van der Waals surface area contributed by atoms with Gasteiger partial charge in [-0.2, -0.15) is 0 Å². The molecule has 9 heteroatoms. The Kier molecular flexibility index (Phi) is 11.6. The zero-order chi connectivity index (χ0) is 41.2. The van der Waals surface area contributed by atoms with Crippen molar-refractivity contribution in [2.75, 3.05) is 20.1 Å². The first-order valence-electron chi connectivity index (χ1n) is 21.4. The number of Topliss-reactive ketones (excluding diaryl/α,β-unsaturated/α-hetero) is 1. The molecule has 1 amide bonds. The normalized spacial score (nSPS) is 35.0. The Bertz CT molecular complexity index is 1750. The van der Waals surface area contributed by atoms with Crippen molar-refractivity contribution in [1.29, 1.82) is 0 Å². The Morgan fingerprint density at radius 2 is 1.62 bits per heavy atom. The molecule has 0 aliphatic heterocycles. The third-order valence-corrected chi connectivity index (χ3v) is 17.0. The van der Waals surface area contributed by atoms with Crippen LogP contribution in [0.2, 0.25) is 5.02 Å². The van der Waals surface area contributed by atoms with Gasteiger partial charge in [0, 0.05) is 35.4 Å². The fourth-order valence-corrected chi connectivity index (χ4v) is 13.7. The number of ether oxygens (including phenoxy) is 1. The van der Waals surface area contributed by atoms with E-state index in [1.54, 1.807) is 13.8 Å². The molecular formula is C47H69ClN2O6. The molecule has 0 saturated heterocycles. The van der Waals surface area contributed by atoms with E-state index in [-0.39, 0.29) is 58.0 Å². The van der Waals surface area contributed by atoms with Gasteiger partial charge in [0.05, 0.1) is 18.4 Å². The van der Waals surface area contributed by atoms with Crippen LogP contribution < -0.4 is 5.32 Å². The molecule has 2 N–H and O–H groups in total. The summed E-state index contributed by atoms with van der Waals surface area (Å²) in [6, 6.07) is 7.74. The number of hydrogen-bond acceptors (Lipinski definition) is 6. The number of fused-ring (bicyclic) bond motifs is 7. The number of rotatable bonds is 12. The molecule has 0 bridgehead atoms. The maximum Gasteiger partial charge on any atom is 0.309 e. The lowest BCUT2D eigenvalue weighted by Gasteiger charge is -2.72. The van der Waals surface area contributed by atoms with Crippen LogP contribution in [0.5, 0.6) is 0 Å². The number of esters is 1. The van der Waals surface area contributed by atoms with E-state index in [0.717, 1.165) is 68.9 Å². The average Bonchev–Trinajstić information content (AvgIpc) is 3.41. The van der Waals surface area contributed by atoms with E-state index in [1.165, 1.54) is 5.57 Å². The molecule has 56 heavy (non-hydrogen) atoms. The van der Waals surface area contributed by atoms with E-state index in [9.17, 15) is 24.3 Å². The Hall–Kier alpha value is -2.71. The second kappa shape index (κ2) is 15.1. The molecule has 8 nitrogen and oxygen atoms in total. The van der Waals surface area contributed by atoms with Gasteiger partial charge in [-0.1, -0.05) is 77.8 Å². The van der Waals surface area contributed by atoms with Crippen molar-refractivity contribution < 1.29 is 29.0 Å². The first kappa shape index (κ1) is 42.9. The number of carbonyl (C=O) groups excluding carboxylic acids is 3. The summed E-state index contributed by atoms with van der Waals surface area (Å²) < 4.78 is 6.19. The largest absolute Gasteiger partial charge is 0.481 e. The summed E-state index contributed by atoms with van der Waals surface area (Å²) in [4.78, 5) is 54.7. The number of benzene rings is 1. The number of aliphatic carboxylic acids is 1. The van der Waals surface area contributed by atoms with Gasteiger partial charge in [0.2, 0.25) is 5.91 Å². The predicted octanol–water partition coefficient (Wildman–Crippen LogP) is 9.67. The van der Waals surface area contributed by atoms with Gasteiger partial charge in [-0.3, -0.25) is 19.2 Å². The lowest BCUT2D eigenvalue weighted by molar-refractivity contribution is -0.233. The summed E-state index contributed by atoms with van der Waals surface area (Å²) in [5.41, 5.74) is 2.07. The molecule has 1 aromatic carbocycles. The quantitative estimate of drug-likeness (QED) is 0.203. The second-order valence-electron chi connectivity index (χ2n) is 20.9. The van der Waals surface area contributed by atoms with Gasteiger partial charge in [-0.05, 0) is 142 Å². The molecule has 6 rings (SSSR count). The topological polar surface area (TPSA) is 113 Å². The highest BCUT2D eigenvalue weighted by atomic mass is 35.5. The first-order chi connectivity index (χ1) is 26.1. The number of likely N-dealkylation sites (N-methyl/N-ethyl adjacent to an activating group) is 1. The highest BCUT2D eigenvalue weighted by Crippen LogP contribution is 2.77.